The summed E-state index contributed by atoms with van der Waals surface area (Å²) in [7, 11) is 1.71. The summed E-state index contributed by atoms with van der Waals surface area (Å²) in [6.07, 6.45) is 8.28. The Bertz CT molecular complexity index is 891. The summed E-state index contributed by atoms with van der Waals surface area (Å²) >= 11 is 0. The number of aryl methyl sites for hydroxylation is 1. The molecule has 2 aromatic rings. The van der Waals surface area contributed by atoms with Crippen LogP contribution in [0.15, 0.2) is 36.0 Å². The van der Waals surface area contributed by atoms with Gasteiger partial charge in [-0.1, -0.05) is 17.7 Å². The highest BCUT2D eigenvalue weighted by Gasteiger charge is 2.22. The molecular weight excluding hydrogens is 358 g/mol. The van der Waals surface area contributed by atoms with Crippen molar-refractivity contribution in [3.05, 3.63) is 58.4 Å². The molecule has 2 heterocycles. The van der Waals surface area contributed by atoms with Crippen LogP contribution >= 0.6 is 0 Å². The van der Waals surface area contributed by atoms with Crippen LogP contribution in [0.1, 0.15) is 55.1 Å². The molecule has 0 unspecified atom stereocenters. The van der Waals surface area contributed by atoms with Crippen molar-refractivity contribution in [2.45, 2.75) is 52.5 Å². The maximum absolute atomic E-state index is 9.13. The number of nitrogens with zero attached hydrogens (tertiary/aromatic N) is 3. The maximum atomic E-state index is 9.13. The number of hydrogen-bond acceptors (Lipinski definition) is 3. The van der Waals surface area contributed by atoms with Gasteiger partial charge in [-0.05, 0) is 74.9 Å². The van der Waals surface area contributed by atoms with Crippen molar-refractivity contribution < 1.29 is 4.74 Å². The highest BCUT2D eigenvalue weighted by Crippen LogP contribution is 2.28. The highest BCUT2D eigenvalue weighted by atomic mass is 16.5. The lowest BCUT2D eigenvalue weighted by atomic mass is 9.99. The summed E-state index contributed by atoms with van der Waals surface area (Å²) in [6.45, 7) is 9.76. The van der Waals surface area contributed by atoms with E-state index >= 15 is 0 Å². The Balaban J connectivity index is 1.62. The molecule has 4 nitrogen and oxygen atoms in total. The van der Waals surface area contributed by atoms with Gasteiger partial charge in [0, 0.05) is 37.6 Å². The number of hydrogen-bond donors (Lipinski definition) is 0. The van der Waals surface area contributed by atoms with Gasteiger partial charge < -0.3 is 14.2 Å². The van der Waals surface area contributed by atoms with E-state index in [1.165, 1.54) is 35.2 Å². The van der Waals surface area contributed by atoms with Gasteiger partial charge in [-0.2, -0.15) is 5.26 Å². The molecule has 0 bridgehead atoms. The molecule has 1 fully saturated rings. The second kappa shape index (κ2) is 9.80. The summed E-state index contributed by atoms with van der Waals surface area (Å²) in [6, 6.07) is 11.1. The van der Waals surface area contributed by atoms with E-state index in [1.54, 1.807) is 7.11 Å². The van der Waals surface area contributed by atoms with Gasteiger partial charge in [-0.15, -0.1) is 0 Å². The minimum atomic E-state index is 0.439. The Morgan fingerprint density at radius 2 is 2.00 bits per heavy atom. The van der Waals surface area contributed by atoms with Crippen LogP contribution in [-0.2, 0) is 12.8 Å². The van der Waals surface area contributed by atoms with Gasteiger partial charge in [0.25, 0.3) is 0 Å². The fourth-order valence-electron chi connectivity index (χ4n) is 4.37. The van der Waals surface area contributed by atoms with Gasteiger partial charge in [0.1, 0.15) is 5.75 Å². The standard InChI is InChI=1S/C25H33N3O/c1-19(2)18-24-20(3)9-17-28(24)22-10-14-27(15-11-22)16-12-23-21(8-13-26)6-5-7-25(23)29-4/h5-7,9,17-18,22H,8,10-12,14-16H2,1-4H3. The highest BCUT2D eigenvalue weighted by molar-refractivity contribution is 5.53. The molecule has 0 radical (unpaired) electrons. The van der Waals surface area contributed by atoms with Crippen LogP contribution in [0.5, 0.6) is 5.75 Å². The zero-order chi connectivity index (χ0) is 20.8. The predicted octanol–water partition coefficient (Wildman–Crippen LogP) is 5.17. The molecule has 0 aliphatic carbocycles. The van der Waals surface area contributed by atoms with Crippen LogP contribution in [0, 0.1) is 18.3 Å². The fraction of sp³-hybridized carbons (Fsp3) is 0.480. The number of nitriles is 1. The number of likely N-dealkylation sites (tertiary alicyclic amines) is 1. The quantitative estimate of drug-likeness (QED) is 0.653. The van der Waals surface area contributed by atoms with Crippen LogP contribution in [0.3, 0.4) is 0 Å². The molecule has 1 saturated heterocycles. The van der Waals surface area contributed by atoms with Gasteiger partial charge in [0.05, 0.1) is 19.6 Å². The van der Waals surface area contributed by atoms with Crippen molar-refractivity contribution in [3.8, 4) is 11.8 Å². The first-order chi connectivity index (χ1) is 14.0. The van der Waals surface area contributed by atoms with Crippen molar-refractivity contribution in [1.29, 1.82) is 5.26 Å². The minimum absolute atomic E-state index is 0.439. The van der Waals surface area contributed by atoms with Crippen LogP contribution < -0.4 is 4.74 Å². The van der Waals surface area contributed by atoms with Crippen molar-refractivity contribution in [1.82, 2.24) is 9.47 Å². The Morgan fingerprint density at radius 1 is 1.24 bits per heavy atom. The molecule has 29 heavy (non-hydrogen) atoms. The molecule has 0 atom stereocenters. The molecule has 1 aliphatic rings. The molecule has 4 heteroatoms. The van der Waals surface area contributed by atoms with E-state index in [0.717, 1.165) is 37.4 Å². The average molecular weight is 392 g/mol. The van der Waals surface area contributed by atoms with Crippen molar-refractivity contribution in [2.75, 3.05) is 26.7 Å². The molecule has 1 aromatic carbocycles. The summed E-state index contributed by atoms with van der Waals surface area (Å²) in [4.78, 5) is 2.55. The third-order valence-corrected chi connectivity index (χ3v) is 5.94. The second-order valence-electron chi connectivity index (χ2n) is 8.27. The molecule has 0 amide bonds. The van der Waals surface area contributed by atoms with Crippen LogP contribution in [0.4, 0.5) is 0 Å². The zero-order valence-electron chi connectivity index (χ0n) is 18.2. The van der Waals surface area contributed by atoms with Crippen molar-refractivity contribution in [3.63, 3.8) is 0 Å². The van der Waals surface area contributed by atoms with E-state index in [2.05, 4.69) is 54.6 Å². The van der Waals surface area contributed by atoms with E-state index in [-0.39, 0.29) is 0 Å². The lowest BCUT2D eigenvalue weighted by Crippen LogP contribution is -2.36. The number of aromatic nitrogens is 1. The first-order valence-electron chi connectivity index (χ1n) is 10.6. The lowest BCUT2D eigenvalue weighted by molar-refractivity contribution is 0.187. The van der Waals surface area contributed by atoms with Gasteiger partial charge in [-0.3, -0.25) is 0 Å². The Kier molecular flexibility index (Phi) is 7.17. The van der Waals surface area contributed by atoms with E-state index in [1.807, 2.05) is 18.2 Å². The third kappa shape index (κ3) is 5.10. The van der Waals surface area contributed by atoms with E-state index in [4.69, 9.17) is 10.00 Å². The number of piperidine rings is 1. The Hall–Kier alpha value is -2.51. The molecule has 0 saturated carbocycles. The van der Waals surface area contributed by atoms with Gasteiger partial charge in [0.2, 0.25) is 0 Å². The normalized spacial score (nSPS) is 15.1. The number of allylic oxidation sites excluding steroid dienone is 1. The van der Waals surface area contributed by atoms with Crippen molar-refractivity contribution >= 4 is 6.08 Å². The first kappa shape index (κ1) is 21.2. The van der Waals surface area contributed by atoms with E-state index in [9.17, 15) is 0 Å². The molecule has 0 N–H and O–H groups in total. The monoisotopic (exact) mass is 391 g/mol. The van der Waals surface area contributed by atoms with Crippen LogP contribution in [-0.4, -0.2) is 36.2 Å². The lowest BCUT2D eigenvalue weighted by Gasteiger charge is -2.33. The summed E-state index contributed by atoms with van der Waals surface area (Å²) in [5, 5.41) is 9.13. The summed E-state index contributed by atoms with van der Waals surface area (Å²) < 4.78 is 8.03. The molecule has 1 aromatic heterocycles. The zero-order valence-corrected chi connectivity index (χ0v) is 18.2. The fourth-order valence-corrected chi connectivity index (χ4v) is 4.37. The third-order valence-electron chi connectivity index (χ3n) is 5.94. The smallest absolute Gasteiger partial charge is 0.122 e. The number of methoxy groups -OCH3 is 1. The molecule has 154 valence electrons. The van der Waals surface area contributed by atoms with Gasteiger partial charge >= 0.3 is 0 Å². The average Bonchev–Trinajstić information content (AvgIpc) is 3.07. The van der Waals surface area contributed by atoms with Crippen molar-refractivity contribution in [2.24, 2.45) is 0 Å². The summed E-state index contributed by atoms with van der Waals surface area (Å²) in [5.74, 6) is 0.904. The second-order valence-corrected chi connectivity index (χ2v) is 8.27. The molecule has 0 spiro atoms. The maximum Gasteiger partial charge on any atom is 0.122 e. The molecule has 1 aliphatic heterocycles. The SMILES string of the molecule is COc1cccc(CC#N)c1CCN1CCC(n2ccc(C)c2C=C(C)C)CC1. The molecule has 3 rings (SSSR count). The predicted molar refractivity (Wildman–Crippen MR) is 119 cm³/mol. The Morgan fingerprint density at radius 3 is 2.66 bits per heavy atom. The molecular formula is C25H33N3O. The van der Waals surface area contributed by atoms with Gasteiger partial charge in [0.15, 0.2) is 0 Å². The summed E-state index contributed by atoms with van der Waals surface area (Å²) in [5.41, 5.74) is 6.34. The number of benzene rings is 1. The van der Waals surface area contributed by atoms with E-state index < -0.39 is 0 Å². The largest absolute Gasteiger partial charge is 0.496 e. The number of rotatable bonds is 7. The first-order valence-corrected chi connectivity index (χ1v) is 10.6. The van der Waals surface area contributed by atoms with Crippen LogP contribution in [0.25, 0.3) is 6.08 Å². The number of ether oxygens (including phenoxy) is 1. The topological polar surface area (TPSA) is 41.2 Å². The van der Waals surface area contributed by atoms with E-state index in [0.29, 0.717) is 12.5 Å². The van der Waals surface area contributed by atoms with Crippen LogP contribution in [0.2, 0.25) is 0 Å². The minimum Gasteiger partial charge on any atom is -0.496 e. The Labute approximate surface area is 175 Å². The van der Waals surface area contributed by atoms with Gasteiger partial charge in [-0.25, -0.2) is 0 Å².